The van der Waals surface area contributed by atoms with Gasteiger partial charge in [-0.05, 0) is 55.5 Å². The fourth-order valence-electron chi connectivity index (χ4n) is 4.22. The molecule has 0 saturated carbocycles. The second kappa shape index (κ2) is 8.37. The van der Waals surface area contributed by atoms with Crippen molar-refractivity contribution in [1.82, 2.24) is 15.2 Å². The zero-order chi connectivity index (χ0) is 19.4. The van der Waals surface area contributed by atoms with Crippen LogP contribution in [0.25, 0.3) is 0 Å². The first kappa shape index (κ1) is 19.0. The molecule has 2 saturated heterocycles. The number of aromatic nitrogens is 1. The Balaban J connectivity index is 1.23. The number of benzene rings is 1. The minimum absolute atomic E-state index is 0.0652. The number of likely N-dealkylation sites (tertiary alicyclic amines) is 1. The van der Waals surface area contributed by atoms with Crippen LogP contribution in [0.3, 0.4) is 0 Å². The fraction of sp³-hybridized carbons (Fsp3) is 0.455. The van der Waals surface area contributed by atoms with Gasteiger partial charge >= 0.3 is 0 Å². The summed E-state index contributed by atoms with van der Waals surface area (Å²) in [5, 5.41) is 2.96. The van der Waals surface area contributed by atoms with E-state index in [0.717, 1.165) is 50.9 Å². The molecular formula is C22H26FN3O2. The predicted octanol–water partition coefficient (Wildman–Crippen LogP) is 3.16. The van der Waals surface area contributed by atoms with Gasteiger partial charge in [-0.25, -0.2) is 4.39 Å². The first-order chi connectivity index (χ1) is 13.6. The van der Waals surface area contributed by atoms with Crippen LogP contribution in [0.4, 0.5) is 4.39 Å². The van der Waals surface area contributed by atoms with Crippen molar-refractivity contribution in [2.24, 2.45) is 0 Å². The van der Waals surface area contributed by atoms with E-state index < -0.39 is 0 Å². The number of hydrogen-bond donors (Lipinski definition) is 1. The molecule has 1 aromatic carbocycles. The van der Waals surface area contributed by atoms with E-state index in [2.05, 4.69) is 15.2 Å². The number of halogens is 1. The van der Waals surface area contributed by atoms with Crippen LogP contribution in [0, 0.1) is 5.82 Å². The Hall–Kier alpha value is -2.31. The van der Waals surface area contributed by atoms with Crippen LogP contribution in [0.5, 0.6) is 0 Å². The number of rotatable bonds is 5. The van der Waals surface area contributed by atoms with Crippen molar-refractivity contribution in [3.05, 3.63) is 65.7 Å². The van der Waals surface area contributed by atoms with Gasteiger partial charge in [-0.15, -0.1) is 0 Å². The molecule has 0 aliphatic carbocycles. The molecule has 1 spiro atoms. The number of hydrogen-bond acceptors (Lipinski definition) is 4. The summed E-state index contributed by atoms with van der Waals surface area (Å²) >= 11 is 0. The van der Waals surface area contributed by atoms with E-state index in [0.29, 0.717) is 12.1 Å². The van der Waals surface area contributed by atoms with Crippen LogP contribution >= 0.6 is 0 Å². The maximum atomic E-state index is 13.4. The van der Waals surface area contributed by atoms with Crippen molar-refractivity contribution in [2.75, 3.05) is 19.6 Å². The lowest BCUT2D eigenvalue weighted by Gasteiger charge is -2.39. The fourth-order valence-corrected chi connectivity index (χ4v) is 4.22. The van der Waals surface area contributed by atoms with E-state index in [9.17, 15) is 9.18 Å². The van der Waals surface area contributed by atoms with Gasteiger partial charge in [0.15, 0.2) is 0 Å². The van der Waals surface area contributed by atoms with Gasteiger partial charge in [0, 0.05) is 38.6 Å². The third kappa shape index (κ3) is 4.56. The summed E-state index contributed by atoms with van der Waals surface area (Å²) in [6.07, 6.45) is 7.26. The number of carbonyl (C=O) groups is 1. The largest absolute Gasteiger partial charge is 0.370 e. The van der Waals surface area contributed by atoms with E-state index in [1.54, 1.807) is 36.7 Å². The maximum absolute atomic E-state index is 13.4. The minimum Gasteiger partial charge on any atom is -0.370 e. The van der Waals surface area contributed by atoms with Crippen molar-refractivity contribution in [2.45, 2.75) is 43.9 Å². The van der Waals surface area contributed by atoms with E-state index >= 15 is 0 Å². The van der Waals surface area contributed by atoms with Crippen molar-refractivity contribution >= 4 is 5.91 Å². The average Bonchev–Trinajstić information content (AvgIpc) is 3.11. The summed E-state index contributed by atoms with van der Waals surface area (Å²) < 4.78 is 19.7. The zero-order valence-corrected chi connectivity index (χ0v) is 15.9. The topological polar surface area (TPSA) is 54.5 Å². The Labute approximate surface area is 164 Å². The van der Waals surface area contributed by atoms with Gasteiger partial charge in [0.2, 0.25) is 0 Å². The molecule has 2 aromatic rings. The molecule has 2 aliphatic heterocycles. The van der Waals surface area contributed by atoms with Gasteiger partial charge in [-0.3, -0.25) is 14.7 Å². The van der Waals surface area contributed by atoms with Crippen molar-refractivity contribution < 1.29 is 13.9 Å². The predicted molar refractivity (Wildman–Crippen MR) is 104 cm³/mol. The molecule has 6 heteroatoms. The van der Waals surface area contributed by atoms with Gasteiger partial charge in [0.05, 0.1) is 17.3 Å². The monoisotopic (exact) mass is 383 g/mol. The van der Waals surface area contributed by atoms with Crippen molar-refractivity contribution in [3.63, 3.8) is 0 Å². The molecule has 28 heavy (non-hydrogen) atoms. The molecule has 1 atom stereocenters. The molecule has 1 aromatic heterocycles. The molecule has 2 fully saturated rings. The number of carbonyl (C=O) groups excluding carboxylic acids is 1. The molecule has 0 radical (unpaired) electrons. The standard InChI is InChI=1S/C22H26FN3O2/c23-19-5-1-3-17(13-19)16-26-11-8-22(9-12-26)7-6-20(28-22)15-25-21(27)18-4-2-10-24-14-18/h1-5,10,13-14,20H,6-9,11-12,15-16H2,(H,25,27). The summed E-state index contributed by atoms with van der Waals surface area (Å²) in [6, 6.07) is 10.3. The van der Waals surface area contributed by atoms with Crippen LogP contribution in [-0.4, -0.2) is 47.1 Å². The quantitative estimate of drug-likeness (QED) is 0.862. The number of ether oxygens (including phenoxy) is 1. The van der Waals surface area contributed by atoms with E-state index in [-0.39, 0.29) is 23.4 Å². The zero-order valence-electron chi connectivity index (χ0n) is 15.9. The van der Waals surface area contributed by atoms with Crippen LogP contribution < -0.4 is 5.32 Å². The summed E-state index contributed by atoms with van der Waals surface area (Å²) in [4.78, 5) is 18.5. The average molecular weight is 383 g/mol. The van der Waals surface area contributed by atoms with Crippen LogP contribution in [0.2, 0.25) is 0 Å². The van der Waals surface area contributed by atoms with Crippen LogP contribution in [0.15, 0.2) is 48.8 Å². The lowest BCUT2D eigenvalue weighted by molar-refractivity contribution is -0.0764. The van der Waals surface area contributed by atoms with Gasteiger partial charge in [0.1, 0.15) is 5.82 Å². The molecule has 1 unspecified atom stereocenters. The molecule has 4 rings (SSSR count). The normalized spacial score (nSPS) is 21.7. The molecule has 1 N–H and O–H groups in total. The van der Waals surface area contributed by atoms with Crippen molar-refractivity contribution in [3.8, 4) is 0 Å². The number of pyridine rings is 1. The highest BCUT2D eigenvalue weighted by atomic mass is 19.1. The highest BCUT2D eigenvalue weighted by molar-refractivity contribution is 5.93. The smallest absolute Gasteiger partial charge is 0.252 e. The van der Waals surface area contributed by atoms with E-state index in [4.69, 9.17) is 4.74 Å². The molecule has 5 nitrogen and oxygen atoms in total. The van der Waals surface area contributed by atoms with Gasteiger partial charge in [0.25, 0.3) is 5.91 Å². The van der Waals surface area contributed by atoms with E-state index in [1.165, 1.54) is 6.07 Å². The Kier molecular flexibility index (Phi) is 5.69. The Morgan fingerprint density at radius 3 is 2.86 bits per heavy atom. The number of piperidine rings is 1. The molecule has 148 valence electrons. The SMILES string of the molecule is O=C(NCC1CCC2(CCN(Cc3cccc(F)c3)CC2)O1)c1cccnc1. The maximum Gasteiger partial charge on any atom is 0.252 e. The molecule has 2 aliphatic rings. The Morgan fingerprint density at radius 2 is 2.11 bits per heavy atom. The van der Waals surface area contributed by atoms with Crippen LogP contribution in [-0.2, 0) is 11.3 Å². The summed E-state index contributed by atoms with van der Waals surface area (Å²) in [5.74, 6) is -0.288. The van der Waals surface area contributed by atoms with Crippen molar-refractivity contribution in [1.29, 1.82) is 0 Å². The first-order valence-electron chi connectivity index (χ1n) is 9.95. The second-order valence-corrected chi connectivity index (χ2v) is 7.82. The first-order valence-corrected chi connectivity index (χ1v) is 9.95. The molecular weight excluding hydrogens is 357 g/mol. The van der Waals surface area contributed by atoms with Crippen LogP contribution in [0.1, 0.15) is 41.6 Å². The van der Waals surface area contributed by atoms with Gasteiger partial charge in [-0.2, -0.15) is 0 Å². The third-order valence-corrected chi connectivity index (χ3v) is 5.82. The second-order valence-electron chi connectivity index (χ2n) is 7.82. The molecule has 1 amide bonds. The van der Waals surface area contributed by atoms with Gasteiger partial charge < -0.3 is 10.1 Å². The number of nitrogens with one attached hydrogen (secondary N) is 1. The minimum atomic E-state index is -0.179. The van der Waals surface area contributed by atoms with Gasteiger partial charge in [-0.1, -0.05) is 12.1 Å². The molecule has 0 bridgehead atoms. The number of nitrogens with zero attached hydrogens (tertiary/aromatic N) is 2. The summed E-state index contributed by atoms with van der Waals surface area (Å²) in [7, 11) is 0. The summed E-state index contributed by atoms with van der Waals surface area (Å²) in [5.41, 5.74) is 1.52. The third-order valence-electron chi connectivity index (χ3n) is 5.82. The Morgan fingerprint density at radius 1 is 1.25 bits per heavy atom. The lowest BCUT2D eigenvalue weighted by atomic mass is 9.88. The molecule has 3 heterocycles. The number of amides is 1. The highest BCUT2D eigenvalue weighted by Gasteiger charge is 2.42. The van der Waals surface area contributed by atoms with E-state index in [1.807, 2.05) is 6.07 Å². The highest BCUT2D eigenvalue weighted by Crippen LogP contribution is 2.39. The summed E-state index contributed by atoms with van der Waals surface area (Å²) in [6.45, 7) is 3.21. The lowest BCUT2D eigenvalue weighted by Crippen LogP contribution is -2.44. The Bertz CT molecular complexity index is 806.